The zero-order valence-electron chi connectivity index (χ0n) is 12.7. The molecule has 0 unspecified atom stereocenters. The van der Waals surface area contributed by atoms with Crippen molar-refractivity contribution < 1.29 is 13.2 Å². The lowest BCUT2D eigenvalue weighted by molar-refractivity contribution is 0.399. The van der Waals surface area contributed by atoms with Crippen LogP contribution in [0.15, 0.2) is 28.7 Å². The third-order valence-electron chi connectivity index (χ3n) is 3.53. The van der Waals surface area contributed by atoms with E-state index in [1.165, 1.54) is 7.11 Å². The Balaban J connectivity index is 2.25. The highest BCUT2D eigenvalue weighted by Crippen LogP contribution is 2.29. The molecular formula is C15H22N2O3S. The molecule has 0 saturated carbocycles. The molecule has 0 fully saturated rings. The van der Waals surface area contributed by atoms with Crippen LogP contribution < -0.4 is 14.8 Å². The summed E-state index contributed by atoms with van der Waals surface area (Å²) in [4.78, 5) is 0.206. The molecule has 0 amide bonds. The van der Waals surface area contributed by atoms with Crippen LogP contribution in [-0.4, -0.2) is 35.2 Å². The van der Waals surface area contributed by atoms with Crippen molar-refractivity contribution in [1.82, 2.24) is 10.0 Å². The normalized spacial score (nSPS) is 15.7. The lowest BCUT2D eigenvalue weighted by Gasteiger charge is -2.17. The number of ether oxygens (including phenoxy) is 1. The molecule has 2 rings (SSSR count). The van der Waals surface area contributed by atoms with Crippen LogP contribution in [0.4, 0.5) is 0 Å². The number of benzene rings is 1. The minimum absolute atomic E-state index is 0.206. The Bertz CT molecular complexity index is 651. The molecular weight excluding hydrogens is 288 g/mol. The Labute approximate surface area is 126 Å². The lowest BCUT2D eigenvalue weighted by Crippen LogP contribution is -2.30. The average Bonchev–Trinajstić information content (AvgIpc) is 2.46. The largest absolute Gasteiger partial charge is 0.495 e. The second kappa shape index (κ2) is 6.60. The topological polar surface area (TPSA) is 67.4 Å². The van der Waals surface area contributed by atoms with Crippen molar-refractivity contribution in [2.45, 2.75) is 25.2 Å². The minimum atomic E-state index is -3.58. The number of hydrogen-bond acceptors (Lipinski definition) is 4. The van der Waals surface area contributed by atoms with E-state index in [0.717, 1.165) is 36.2 Å². The molecule has 0 spiro atoms. The van der Waals surface area contributed by atoms with Gasteiger partial charge in [-0.05, 0) is 44.0 Å². The number of rotatable bonds is 5. The summed E-state index contributed by atoms with van der Waals surface area (Å²) in [5.41, 5.74) is 2.83. The molecule has 0 bridgehead atoms. The van der Waals surface area contributed by atoms with E-state index in [0.29, 0.717) is 12.3 Å². The second-order valence-corrected chi connectivity index (χ2v) is 6.99. The van der Waals surface area contributed by atoms with E-state index < -0.39 is 10.0 Å². The van der Waals surface area contributed by atoms with Crippen LogP contribution in [0.2, 0.25) is 0 Å². The summed E-state index contributed by atoms with van der Waals surface area (Å²) >= 11 is 0. The van der Waals surface area contributed by atoms with E-state index in [2.05, 4.69) is 10.0 Å². The molecule has 116 valence electrons. The van der Waals surface area contributed by atoms with Crippen molar-refractivity contribution in [2.24, 2.45) is 0 Å². The Morgan fingerprint density at radius 1 is 1.33 bits per heavy atom. The molecule has 21 heavy (non-hydrogen) atoms. The summed E-state index contributed by atoms with van der Waals surface area (Å²) < 4.78 is 33.0. The first-order valence-corrected chi connectivity index (χ1v) is 8.46. The first-order valence-electron chi connectivity index (χ1n) is 6.97. The molecule has 0 saturated heterocycles. The highest BCUT2D eigenvalue weighted by atomic mass is 32.2. The van der Waals surface area contributed by atoms with Crippen molar-refractivity contribution >= 4 is 10.0 Å². The van der Waals surface area contributed by atoms with Gasteiger partial charge < -0.3 is 10.1 Å². The Kier molecular flexibility index (Phi) is 5.03. The molecule has 0 radical (unpaired) electrons. The molecule has 5 nitrogen and oxygen atoms in total. The highest BCUT2D eigenvalue weighted by Gasteiger charge is 2.21. The summed E-state index contributed by atoms with van der Waals surface area (Å²) in [5, 5.41) is 3.20. The lowest BCUT2D eigenvalue weighted by atomic mass is 10.1. The second-order valence-electron chi connectivity index (χ2n) is 5.25. The third kappa shape index (κ3) is 3.84. The van der Waals surface area contributed by atoms with E-state index in [9.17, 15) is 8.42 Å². The fraction of sp³-hybridized carbons (Fsp3) is 0.467. The predicted molar refractivity (Wildman–Crippen MR) is 83.2 cm³/mol. The van der Waals surface area contributed by atoms with Crippen molar-refractivity contribution in [1.29, 1.82) is 0 Å². The van der Waals surface area contributed by atoms with Gasteiger partial charge in [-0.25, -0.2) is 13.1 Å². The summed E-state index contributed by atoms with van der Waals surface area (Å²) in [6, 6.07) is 3.55. The first-order chi connectivity index (χ1) is 9.94. The van der Waals surface area contributed by atoms with Gasteiger partial charge in [0.05, 0.1) is 7.11 Å². The van der Waals surface area contributed by atoms with E-state index in [-0.39, 0.29) is 4.90 Å². The molecule has 1 aromatic carbocycles. The molecule has 2 N–H and O–H groups in total. The van der Waals surface area contributed by atoms with Gasteiger partial charge in [-0.2, -0.15) is 0 Å². The smallest absolute Gasteiger partial charge is 0.244 e. The molecule has 1 heterocycles. The number of aryl methyl sites for hydroxylation is 2. The van der Waals surface area contributed by atoms with Gasteiger partial charge in [0, 0.05) is 13.1 Å². The SMILES string of the molecule is COc1c(C)cc(C)cc1S(=O)(=O)NCC1=CCNCC1. The van der Waals surface area contributed by atoms with Crippen molar-refractivity contribution in [3.63, 3.8) is 0 Å². The van der Waals surface area contributed by atoms with Crippen molar-refractivity contribution in [2.75, 3.05) is 26.7 Å². The molecule has 0 aliphatic carbocycles. The molecule has 0 aromatic heterocycles. The summed E-state index contributed by atoms with van der Waals surface area (Å²) in [5.74, 6) is 0.410. The zero-order chi connectivity index (χ0) is 15.5. The van der Waals surface area contributed by atoms with Gasteiger partial charge in [-0.1, -0.05) is 17.7 Å². The van der Waals surface area contributed by atoms with Gasteiger partial charge in [-0.15, -0.1) is 0 Å². The highest BCUT2D eigenvalue weighted by molar-refractivity contribution is 7.89. The Hall–Kier alpha value is -1.37. The van der Waals surface area contributed by atoms with Crippen LogP contribution in [0.25, 0.3) is 0 Å². The maximum absolute atomic E-state index is 12.5. The molecule has 0 atom stereocenters. The monoisotopic (exact) mass is 310 g/mol. The van der Waals surface area contributed by atoms with Gasteiger partial charge in [0.1, 0.15) is 10.6 Å². The third-order valence-corrected chi connectivity index (χ3v) is 4.93. The first kappa shape index (κ1) is 16.0. The van der Waals surface area contributed by atoms with Crippen LogP contribution in [-0.2, 0) is 10.0 Å². The Morgan fingerprint density at radius 2 is 2.10 bits per heavy atom. The van der Waals surface area contributed by atoms with E-state index in [1.54, 1.807) is 6.07 Å². The van der Waals surface area contributed by atoms with Gasteiger partial charge in [0.15, 0.2) is 0 Å². The molecule has 1 aromatic rings. The van der Waals surface area contributed by atoms with Crippen LogP contribution in [0.3, 0.4) is 0 Å². The number of methoxy groups -OCH3 is 1. The van der Waals surface area contributed by atoms with Crippen LogP contribution >= 0.6 is 0 Å². The van der Waals surface area contributed by atoms with Gasteiger partial charge in [-0.3, -0.25) is 0 Å². The van der Waals surface area contributed by atoms with Gasteiger partial charge in [0.25, 0.3) is 0 Å². The summed E-state index contributed by atoms with van der Waals surface area (Å²) in [6.45, 7) is 5.76. The Morgan fingerprint density at radius 3 is 2.71 bits per heavy atom. The van der Waals surface area contributed by atoms with Gasteiger partial charge in [0.2, 0.25) is 10.0 Å². The fourth-order valence-electron chi connectivity index (χ4n) is 2.47. The maximum atomic E-state index is 12.5. The van der Waals surface area contributed by atoms with Crippen LogP contribution in [0.1, 0.15) is 17.5 Å². The van der Waals surface area contributed by atoms with E-state index in [1.807, 2.05) is 26.0 Å². The van der Waals surface area contributed by atoms with Gasteiger partial charge >= 0.3 is 0 Å². The van der Waals surface area contributed by atoms with E-state index in [4.69, 9.17) is 4.74 Å². The number of hydrogen-bond donors (Lipinski definition) is 2. The fourth-order valence-corrected chi connectivity index (χ4v) is 3.83. The zero-order valence-corrected chi connectivity index (χ0v) is 13.5. The summed E-state index contributed by atoms with van der Waals surface area (Å²) in [7, 11) is -2.09. The molecule has 1 aliphatic rings. The molecule has 6 heteroatoms. The number of sulfonamides is 1. The van der Waals surface area contributed by atoms with Crippen LogP contribution in [0.5, 0.6) is 5.75 Å². The minimum Gasteiger partial charge on any atom is -0.495 e. The van der Waals surface area contributed by atoms with Crippen molar-refractivity contribution in [3.8, 4) is 5.75 Å². The predicted octanol–water partition coefficient (Wildman–Crippen LogP) is 1.51. The standard InChI is InChI=1S/C15H22N2O3S/c1-11-8-12(2)15(20-3)14(9-11)21(18,19)17-10-13-4-6-16-7-5-13/h4,8-9,16-17H,5-7,10H2,1-3H3. The average molecular weight is 310 g/mol. The molecule has 1 aliphatic heterocycles. The quantitative estimate of drug-likeness (QED) is 0.809. The van der Waals surface area contributed by atoms with Crippen LogP contribution in [0, 0.1) is 13.8 Å². The summed E-state index contributed by atoms with van der Waals surface area (Å²) in [6.07, 6.45) is 2.90. The maximum Gasteiger partial charge on any atom is 0.244 e. The van der Waals surface area contributed by atoms with Crippen molar-refractivity contribution in [3.05, 3.63) is 34.9 Å². The van der Waals surface area contributed by atoms with E-state index >= 15 is 0 Å². The number of nitrogens with one attached hydrogen (secondary N) is 2.